The lowest BCUT2D eigenvalue weighted by Gasteiger charge is -2.21. The van der Waals surface area contributed by atoms with E-state index in [0.29, 0.717) is 17.1 Å². The summed E-state index contributed by atoms with van der Waals surface area (Å²) in [4.78, 5) is 48.9. The number of aliphatic carboxylic acids is 1. The van der Waals surface area contributed by atoms with Gasteiger partial charge < -0.3 is 19.7 Å². The molecule has 1 aliphatic heterocycles. The summed E-state index contributed by atoms with van der Waals surface area (Å²) >= 11 is 0. The molecule has 1 fully saturated rings. The van der Waals surface area contributed by atoms with Crippen molar-refractivity contribution in [1.82, 2.24) is 19.9 Å². The molecule has 1 saturated heterocycles. The van der Waals surface area contributed by atoms with Crippen molar-refractivity contribution >= 4 is 11.9 Å². The van der Waals surface area contributed by atoms with Crippen LogP contribution in [0.2, 0.25) is 0 Å². The molecule has 0 aromatic carbocycles. The van der Waals surface area contributed by atoms with Gasteiger partial charge in [-0.2, -0.15) is 0 Å². The average Bonchev–Trinajstić information content (AvgIpc) is 3.10. The van der Waals surface area contributed by atoms with Gasteiger partial charge in [-0.1, -0.05) is 0 Å². The number of H-pyrrole nitrogens is 1. The Bertz CT molecular complexity index is 912. The second-order valence-electron chi connectivity index (χ2n) is 6.39. The minimum Gasteiger partial charge on any atom is -0.480 e. The van der Waals surface area contributed by atoms with Crippen LogP contribution in [0.4, 0.5) is 0 Å². The van der Waals surface area contributed by atoms with Gasteiger partial charge in [-0.05, 0) is 19.1 Å². The Balaban J connectivity index is 1.84. The summed E-state index contributed by atoms with van der Waals surface area (Å²) in [5.41, 5.74) is 0.867. The Morgan fingerprint density at radius 1 is 1.44 bits per heavy atom. The van der Waals surface area contributed by atoms with Crippen molar-refractivity contribution in [2.75, 3.05) is 13.7 Å². The quantitative estimate of drug-likeness (QED) is 0.777. The number of rotatable bonds is 5. The van der Waals surface area contributed by atoms with Gasteiger partial charge in [0.2, 0.25) is 5.91 Å². The second-order valence-corrected chi connectivity index (χ2v) is 6.39. The van der Waals surface area contributed by atoms with Gasteiger partial charge in [0.25, 0.3) is 5.56 Å². The normalized spacial score (nSPS) is 19.3. The van der Waals surface area contributed by atoms with Crippen molar-refractivity contribution in [3.8, 4) is 11.4 Å². The van der Waals surface area contributed by atoms with Crippen LogP contribution in [-0.2, 0) is 20.7 Å². The first-order valence-corrected chi connectivity index (χ1v) is 8.46. The van der Waals surface area contributed by atoms with E-state index < -0.39 is 23.5 Å². The first-order valence-electron chi connectivity index (χ1n) is 8.46. The van der Waals surface area contributed by atoms with Crippen LogP contribution in [0.1, 0.15) is 17.7 Å². The molecule has 9 heteroatoms. The molecule has 2 atom stereocenters. The van der Waals surface area contributed by atoms with Crippen LogP contribution >= 0.6 is 0 Å². The largest absolute Gasteiger partial charge is 0.480 e. The van der Waals surface area contributed by atoms with Gasteiger partial charge in [0.1, 0.15) is 11.9 Å². The van der Waals surface area contributed by atoms with Gasteiger partial charge in [0, 0.05) is 49.3 Å². The van der Waals surface area contributed by atoms with E-state index in [0.717, 1.165) is 0 Å². The summed E-state index contributed by atoms with van der Waals surface area (Å²) in [6.07, 6.45) is 2.87. The average molecular weight is 372 g/mol. The highest BCUT2D eigenvalue weighted by Gasteiger charge is 2.39. The zero-order valence-electron chi connectivity index (χ0n) is 15.0. The van der Waals surface area contributed by atoms with Crippen LogP contribution in [-0.4, -0.2) is 62.6 Å². The molecule has 0 radical (unpaired) electrons. The molecule has 2 aromatic heterocycles. The highest BCUT2D eigenvalue weighted by Crippen LogP contribution is 2.21. The molecule has 27 heavy (non-hydrogen) atoms. The zero-order valence-corrected chi connectivity index (χ0v) is 15.0. The summed E-state index contributed by atoms with van der Waals surface area (Å²) in [6.45, 7) is 1.83. The predicted molar refractivity (Wildman–Crippen MR) is 95.1 cm³/mol. The summed E-state index contributed by atoms with van der Waals surface area (Å²) < 4.78 is 5.19. The first kappa shape index (κ1) is 18.7. The van der Waals surface area contributed by atoms with E-state index in [4.69, 9.17) is 4.74 Å². The minimum atomic E-state index is -1.08. The van der Waals surface area contributed by atoms with Crippen LogP contribution in [0, 0.1) is 6.92 Å². The third kappa shape index (κ3) is 3.87. The van der Waals surface area contributed by atoms with Crippen molar-refractivity contribution in [2.24, 2.45) is 0 Å². The molecule has 1 aliphatic rings. The number of aryl methyl sites for hydroxylation is 1. The number of methoxy groups -OCH3 is 1. The summed E-state index contributed by atoms with van der Waals surface area (Å²) in [5, 5.41) is 9.35. The number of carbonyl (C=O) groups excluding carboxylic acids is 1. The van der Waals surface area contributed by atoms with Crippen molar-refractivity contribution in [3.63, 3.8) is 0 Å². The van der Waals surface area contributed by atoms with E-state index in [2.05, 4.69) is 15.0 Å². The summed E-state index contributed by atoms with van der Waals surface area (Å²) in [5.74, 6) is -1.16. The third-order valence-electron chi connectivity index (χ3n) is 4.69. The Labute approximate surface area is 155 Å². The van der Waals surface area contributed by atoms with Gasteiger partial charge in [0.15, 0.2) is 0 Å². The topological polar surface area (TPSA) is 125 Å². The summed E-state index contributed by atoms with van der Waals surface area (Å²) in [7, 11) is 1.48. The van der Waals surface area contributed by atoms with Crippen molar-refractivity contribution in [2.45, 2.75) is 31.9 Å². The first-order chi connectivity index (χ1) is 12.9. The smallest absolute Gasteiger partial charge is 0.326 e. The van der Waals surface area contributed by atoms with Crippen molar-refractivity contribution in [3.05, 3.63) is 46.1 Å². The Hall–Kier alpha value is -3.07. The van der Waals surface area contributed by atoms with E-state index in [9.17, 15) is 19.5 Å². The minimum absolute atomic E-state index is 0.185. The molecule has 0 saturated carbocycles. The number of carboxylic acids is 1. The fraction of sp³-hybridized carbons (Fsp3) is 0.389. The van der Waals surface area contributed by atoms with Gasteiger partial charge in [0.05, 0.1) is 12.5 Å². The number of aromatic nitrogens is 3. The molecule has 0 bridgehead atoms. The number of amides is 1. The molecule has 3 rings (SSSR count). The van der Waals surface area contributed by atoms with Crippen molar-refractivity contribution in [1.29, 1.82) is 0 Å². The van der Waals surface area contributed by atoms with Crippen LogP contribution in [0.15, 0.2) is 29.3 Å². The second kappa shape index (κ2) is 7.67. The number of hydrogen-bond donors (Lipinski definition) is 2. The Morgan fingerprint density at radius 2 is 2.22 bits per heavy atom. The molecule has 0 spiro atoms. The summed E-state index contributed by atoms with van der Waals surface area (Å²) in [6, 6.07) is 2.54. The van der Waals surface area contributed by atoms with Crippen LogP contribution < -0.4 is 5.56 Å². The van der Waals surface area contributed by atoms with Gasteiger partial charge >= 0.3 is 5.97 Å². The lowest BCUT2D eigenvalue weighted by atomic mass is 10.1. The number of nitrogens with zero attached hydrogens (tertiary/aromatic N) is 3. The maximum atomic E-state index is 12.7. The molecular formula is C18H20N4O5. The van der Waals surface area contributed by atoms with E-state index in [1.807, 2.05) is 0 Å². The molecule has 1 amide bonds. The fourth-order valence-corrected chi connectivity index (χ4v) is 3.19. The maximum absolute atomic E-state index is 12.7. The van der Waals surface area contributed by atoms with E-state index in [1.54, 1.807) is 31.5 Å². The van der Waals surface area contributed by atoms with Crippen LogP contribution in [0.5, 0.6) is 0 Å². The predicted octanol–water partition coefficient (Wildman–Crippen LogP) is 0.383. The maximum Gasteiger partial charge on any atom is 0.326 e. The Kier molecular flexibility index (Phi) is 5.31. The lowest BCUT2D eigenvalue weighted by Crippen LogP contribution is -2.42. The molecular weight excluding hydrogens is 352 g/mol. The third-order valence-corrected chi connectivity index (χ3v) is 4.69. The highest BCUT2D eigenvalue weighted by molar-refractivity contribution is 5.85. The standard InChI is InChI=1S/C18H20N4O5/c1-10-13(17(24)21-16(20-10)11-4-3-5-19-8-11)7-15(23)22-9-12(27-2)6-14(22)18(25)26/h3-5,8,12,14H,6-7,9H2,1-2H3,(H,25,26)(H,20,21,24). The Morgan fingerprint density at radius 3 is 2.81 bits per heavy atom. The van der Waals surface area contributed by atoms with Crippen molar-refractivity contribution < 1.29 is 19.4 Å². The molecule has 3 heterocycles. The molecule has 2 unspecified atom stereocenters. The van der Waals surface area contributed by atoms with Gasteiger partial charge in [-0.15, -0.1) is 0 Å². The molecule has 9 nitrogen and oxygen atoms in total. The number of aromatic amines is 1. The fourth-order valence-electron chi connectivity index (χ4n) is 3.19. The van der Waals surface area contributed by atoms with Gasteiger partial charge in [-0.3, -0.25) is 14.6 Å². The van der Waals surface area contributed by atoms with E-state index >= 15 is 0 Å². The van der Waals surface area contributed by atoms with Crippen LogP contribution in [0.25, 0.3) is 11.4 Å². The molecule has 142 valence electrons. The SMILES string of the molecule is COC1CC(C(=O)O)N(C(=O)Cc2c(C)nc(-c3cccnc3)[nH]c2=O)C1. The number of hydrogen-bond acceptors (Lipinski definition) is 6. The number of carboxylic acid groups (broad SMARTS) is 1. The number of ether oxygens (including phenoxy) is 1. The number of nitrogens with one attached hydrogen (secondary N) is 1. The highest BCUT2D eigenvalue weighted by atomic mass is 16.5. The zero-order chi connectivity index (χ0) is 19.6. The van der Waals surface area contributed by atoms with E-state index in [-0.39, 0.29) is 31.1 Å². The van der Waals surface area contributed by atoms with Crippen LogP contribution in [0.3, 0.4) is 0 Å². The molecule has 2 N–H and O–H groups in total. The monoisotopic (exact) mass is 372 g/mol. The number of likely N-dealkylation sites (tertiary alicyclic amines) is 1. The number of pyridine rings is 1. The van der Waals surface area contributed by atoms with E-state index in [1.165, 1.54) is 12.0 Å². The lowest BCUT2D eigenvalue weighted by molar-refractivity contribution is -0.148. The molecule has 2 aromatic rings. The molecule has 0 aliphatic carbocycles. The number of carbonyl (C=O) groups is 2. The van der Waals surface area contributed by atoms with Gasteiger partial charge in [-0.25, -0.2) is 9.78 Å².